The van der Waals surface area contributed by atoms with Crippen molar-refractivity contribution < 1.29 is 47.3 Å². The van der Waals surface area contributed by atoms with E-state index in [-0.39, 0.29) is 12.3 Å². The smallest absolute Gasteiger partial charge is 0.455 e. The number of hydrogen-bond donors (Lipinski definition) is 0. The van der Waals surface area contributed by atoms with E-state index < -0.39 is 41.7 Å². The highest BCUT2D eigenvalue weighted by molar-refractivity contribution is 6.30. The van der Waals surface area contributed by atoms with Crippen molar-refractivity contribution >= 4 is 47.7 Å². The second-order valence-corrected chi connectivity index (χ2v) is 11.5. The maximum absolute atomic E-state index is 14.2. The lowest BCUT2D eigenvalue weighted by atomic mass is 10.2. The molecule has 2 aromatic rings. The lowest BCUT2D eigenvalue weighted by Crippen LogP contribution is -2.68. The van der Waals surface area contributed by atoms with Gasteiger partial charge in [0, 0.05) is 67.6 Å². The first kappa shape index (κ1) is 32.0. The van der Waals surface area contributed by atoms with Gasteiger partial charge in [-0.3, -0.25) is 0 Å². The number of nitrogens with zero attached hydrogens (tertiary/aromatic N) is 5. The van der Waals surface area contributed by atoms with Crippen LogP contribution in [0.4, 0.5) is 4.79 Å². The zero-order chi connectivity index (χ0) is 33.2. The molecule has 47 heavy (non-hydrogen) atoms. The van der Waals surface area contributed by atoms with Crippen LogP contribution in [0.25, 0.3) is 11.3 Å². The molecule has 0 aliphatic carbocycles. The highest BCUT2D eigenvalue weighted by atomic mass is 35.5. The van der Waals surface area contributed by atoms with E-state index in [0.717, 1.165) is 61.6 Å². The van der Waals surface area contributed by atoms with Crippen LogP contribution in [0.3, 0.4) is 0 Å². The summed E-state index contributed by atoms with van der Waals surface area (Å²) in [7, 11) is 2.05. The van der Waals surface area contributed by atoms with Gasteiger partial charge in [-0.05, 0) is 62.8 Å². The summed E-state index contributed by atoms with van der Waals surface area (Å²) >= 11 is 5.99. The Morgan fingerprint density at radius 2 is 1.30 bits per heavy atom. The number of amides is 2. The Bertz CT molecular complexity index is 1620. The Morgan fingerprint density at radius 1 is 0.745 bits per heavy atom. The normalized spacial score (nSPS) is 21.3. The van der Waals surface area contributed by atoms with E-state index in [2.05, 4.69) is 21.9 Å². The van der Waals surface area contributed by atoms with E-state index in [1.54, 1.807) is 36.4 Å². The molecule has 1 aromatic carbocycles. The van der Waals surface area contributed by atoms with Gasteiger partial charge >= 0.3 is 41.7 Å². The number of ether oxygens (including phenoxy) is 4. The van der Waals surface area contributed by atoms with Crippen LogP contribution in [0.1, 0.15) is 18.6 Å². The van der Waals surface area contributed by atoms with Crippen molar-refractivity contribution in [2.45, 2.75) is 24.7 Å². The molecule has 2 fully saturated rings. The molecule has 0 bridgehead atoms. The minimum absolute atomic E-state index is 0.137. The molecule has 0 unspecified atom stereocenters. The number of furan rings is 1. The monoisotopic (exact) mass is 667 g/mol. The molecule has 15 nitrogen and oxygen atoms in total. The van der Waals surface area contributed by atoms with Crippen molar-refractivity contribution in [1.29, 1.82) is 0 Å². The number of hydrogen-bond acceptors (Lipinski definition) is 13. The van der Waals surface area contributed by atoms with Gasteiger partial charge in [-0.1, -0.05) is 11.6 Å². The standard InChI is InChI=1S/C31H30ClN5O10/c1-34-16-18-35(19-17-34)14-2-3-15-36-29(42)37(33-20-23-8-9-24(43-23)21-4-6-22(32)7-5-21)31(46-27(40)12-13-28(41)47-31)30(36)44-25(38)10-11-26(39)45-30/h4-13,20H,2-3,14-19H2,1H3/b33-20+. The van der Waals surface area contributed by atoms with E-state index in [9.17, 15) is 24.0 Å². The zero-order valence-electron chi connectivity index (χ0n) is 25.2. The topological polar surface area (TPSA) is 161 Å². The van der Waals surface area contributed by atoms with Gasteiger partial charge in [-0.2, -0.15) is 5.10 Å². The molecule has 4 aliphatic heterocycles. The highest BCUT2D eigenvalue weighted by Crippen LogP contribution is 2.48. The van der Waals surface area contributed by atoms with Crippen molar-refractivity contribution in [2.24, 2.45) is 5.10 Å². The number of hydrazone groups is 1. The molecule has 5 heterocycles. The molecule has 16 heteroatoms. The summed E-state index contributed by atoms with van der Waals surface area (Å²) in [6.45, 7) is 4.12. The number of rotatable bonds is 8. The average molecular weight is 668 g/mol. The summed E-state index contributed by atoms with van der Waals surface area (Å²) in [6.07, 6.45) is 5.07. The van der Waals surface area contributed by atoms with Crippen molar-refractivity contribution in [1.82, 2.24) is 19.7 Å². The molecule has 6 rings (SSSR count). The van der Waals surface area contributed by atoms with E-state index in [4.69, 9.17) is 35.0 Å². The fourth-order valence-corrected chi connectivity index (χ4v) is 5.60. The summed E-state index contributed by atoms with van der Waals surface area (Å²) in [4.78, 5) is 71.0. The summed E-state index contributed by atoms with van der Waals surface area (Å²) in [5.41, 5.74) is 0.701. The second-order valence-electron chi connectivity index (χ2n) is 11.1. The average Bonchev–Trinajstić information content (AvgIpc) is 3.45. The third-order valence-corrected chi connectivity index (χ3v) is 8.12. The molecular weight excluding hydrogens is 638 g/mol. The molecule has 2 spiro atoms. The molecule has 0 N–H and O–H groups in total. The van der Waals surface area contributed by atoms with Crippen molar-refractivity contribution in [3.8, 4) is 11.3 Å². The summed E-state index contributed by atoms with van der Waals surface area (Å²) < 4.78 is 28.0. The predicted octanol–water partition coefficient (Wildman–Crippen LogP) is 2.32. The van der Waals surface area contributed by atoms with Crippen molar-refractivity contribution in [2.75, 3.05) is 46.3 Å². The van der Waals surface area contributed by atoms with E-state index >= 15 is 0 Å². The number of fused-ring (bicyclic) bond motifs is 1. The Hall–Kier alpha value is -4.99. The van der Waals surface area contributed by atoms with E-state index in [1.807, 2.05) is 0 Å². The maximum Gasteiger partial charge on any atom is 0.472 e. The SMILES string of the molecule is CN1CCN(CCCCN2C(=O)N(/N=C/c3ccc(-c4ccc(Cl)cc4)o3)C3(OC(=O)C=CC(=O)O3)C23OC(=O)C=CC(=O)O3)CC1. The molecular formula is C31H30ClN5O10. The van der Waals surface area contributed by atoms with Crippen LogP contribution in [0.15, 0.2) is 70.2 Å². The van der Waals surface area contributed by atoms with Gasteiger partial charge in [0.25, 0.3) is 0 Å². The molecule has 2 amide bonds. The van der Waals surface area contributed by atoms with Crippen molar-refractivity contribution in [3.63, 3.8) is 0 Å². The first-order chi connectivity index (χ1) is 22.6. The molecule has 0 atom stereocenters. The largest absolute Gasteiger partial charge is 0.472 e. The summed E-state index contributed by atoms with van der Waals surface area (Å²) in [5, 5.41) is 5.19. The van der Waals surface area contributed by atoms with Crippen molar-refractivity contribution in [3.05, 3.63) is 71.5 Å². The van der Waals surface area contributed by atoms with E-state index in [0.29, 0.717) is 40.7 Å². The Labute approximate surface area is 273 Å². The molecule has 0 saturated carbocycles. The van der Waals surface area contributed by atoms with Gasteiger partial charge < -0.3 is 33.2 Å². The third-order valence-electron chi connectivity index (χ3n) is 7.87. The lowest BCUT2D eigenvalue weighted by molar-refractivity contribution is -0.408. The van der Waals surface area contributed by atoms with Crippen LogP contribution in [0, 0.1) is 0 Å². The Balaban J connectivity index is 1.35. The number of carbonyl (C=O) groups is 5. The fourth-order valence-electron chi connectivity index (χ4n) is 5.47. The Kier molecular flexibility index (Phi) is 8.86. The van der Waals surface area contributed by atoms with E-state index in [1.165, 1.54) is 0 Å². The zero-order valence-corrected chi connectivity index (χ0v) is 26.0. The number of urea groups is 1. The van der Waals surface area contributed by atoms with Gasteiger partial charge in [-0.15, -0.1) is 5.01 Å². The van der Waals surface area contributed by atoms with Gasteiger partial charge in [-0.25, -0.2) is 28.9 Å². The summed E-state index contributed by atoms with van der Waals surface area (Å²) in [6, 6.07) is 9.00. The van der Waals surface area contributed by atoms with Crippen LogP contribution < -0.4 is 0 Å². The molecule has 4 aliphatic rings. The van der Waals surface area contributed by atoms with Crippen LogP contribution in [0.5, 0.6) is 0 Å². The quantitative estimate of drug-likeness (QED) is 0.230. The first-order valence-electron chi connectivity index (χ1n) is 14.8. The molecule has 0 radical (unpaired) electrons. The molecule has 1 aromatic heterocycles. The van der Waals surface area contributed by atoms with Gasteiger partial charge in [0.15, 0.2) is 0 Å². The van der Waals surface area contributed by atoms with Gasteiger partial charge in [0.05, 0.1) is 6.21 Å². The molecule has 246 valence electrons. The first-order valence-corrected chi connectivity index (χ1v) is 15.2. The van der Waals surface area contributed by atoms with Crippen LogP contribution in [0.2, 0.25) is 5.02 Å². The predicted molar refractivity (Wildman–Crippen MR) is 162 cm³/mol. The number of unbranched alkanes of at least 4 members (excludes halogenated alkanes) is 1. The minimum atomic E-state index is -3.03. The lowest BCUT2D eigenvalue weighted by Gasteiger charge is -2.41. The number of benzene rings is 1. The fraction of sp³-hybridized carbons (Fsp3) is 0.355. The van der Waals surface area contributed by atoms with Gasteiger partial charge in [0.1, 0.15) is 11.5 Å². The summed E-state index contributed by atoms with van der Waals surface area (Å²) in [5.74, 6) is -9.99. The number of likely N-dealkylation sites (N-methyl/N-ethyl adjacent to an activating group) is 1. The Morgan fingerprint density at radius 3 is 1.89 bits per heavy atom. The van der Waals surface area contributed by atoms with Crippen LogP contribution in [-0.4, -0.2) is 114 Å². The second kappa shape index (κ2) is 13.0. The number of halogens is 1. The number of piperazine rings is 1. The molecule has 2 saturated heterocycles. The third kappa shape index (κ3) is 6.37. The minimum Gasteiger partial charge on any atom is -0.455 e. The highest BCUT2D eigenvalue weighted by Gasteiger charge is 2.81. The number of esters is 4. The van der Waals surface area contributed by atoms with Crippen LogP contribution in [-0.2, 0) is 38.1 Å². The maximum atomic E-state index is 14.2. The number of carbonyl (C=O) groups excluding carboxylic acids is 5. The van der Waals surface area contributed by atoms with Crippen LogP contribution >= 0.6 is 11.6 Å². The van der Waals surface area contributed by atoms with Gasteiger partial charge in [0.2, 0.25) is 0 Å².